The minimum absolute atomic E-state index is 0.0556. The fraction of sp³-hybridized carbons (Fsp3) is 0.900. The zero-order chi connectivity index (χ0) is 10.8. The molecular formula is C10H20N2O2. The van der Waals surface area contributed by atoms with Gasteiger partial charge in [0.25, 0.3) is 0 Å². The first-order chi connectivity index (χ1) is 6.46. The zero-order valence-corrected chi connectivity index (χ0v) is 9.21. The molecule has 1 atom stereocenters. The van der Waals surface area contributed by atoms with E-state index in [-0.39, 0.29) is 18.1 Å². The van der Waals surface area contributed by atoms with Crippen molar-refractivity contribution in [2.24, 2.45) is 0 Å². The highest BCUT2D eigenvalue weighted by Crippen LogP contribution is 2.18. The maximum atomic E-state index is 11.6. The Morgan fingerprint density at radius 1 is 1.57 bits per heavy atom. The van der Waals surface area contributed by atoms with E-state index in [1.807, 2.05) is 0 Å². The molecule has 0 aromatic heterocycles. The van der Waals surface area contributed by atoms with Gasteiger partial charge in [-0.25, -0.2) is 0 Å². The predicted octanol–water partition coefficient (Wildman–Crippen LogP) is -0.0323. The number of hydrogen-bond donors (Lipinski definition) is 2. The summed E-state index contributed by atoms with van der Waals surface area (Å²) < 4.78 is 0. The number of amides is 1. The van der Waals surface area contributed by atoms with Gasteiger partial charge < -0.3 is 10.4 Å². The van der Waals surface area contributed by atoms with Crippen LogP contribution in [0.4, 0.5) is 0 Å². The van der Waals surface area contributed by atoms with Crippen molar-refractivity contribution in [2.75, 3.05) is 19.7 Å². The molecule has 0 radical (unpaired) electrons. The van der Waals surface area contributed by atoms with Crippen LogP contribution >= 0.6 is 0 Å². The van der Waals surface area contributed by atoms with Gasteiger partial charge in [0.05, 0.1) is 6.61 Å². The van der Waals surface area contributed by atoms with Crippen molar-refractivity contribution in [1.29, 1.82) is 0 Å². The van der Waals surface area contributed by atoms with Gasteiger partial charge >= 0.3 is 0 Å². The summed E-state index contributed by atoms with van der Waals surface area (Å²) in [5.41, 5.74) is -0.0743. The Labute approximate surface area is 85.3 Å². The Bertz CT molecular complexity index is 211. The summed E-state index contributed by atoms with van der Waals surface area (Å²) in [4.78, 5) is 13.7. The number of nitrogens with zero attached hydrogens (tertiary/aromatic N) is 1. The first-order valence-corrected chi connectivity index (χ1v) is 5.12. The Morgan fingerprint density at radius 3 is 2.71 bits per heavy atom. The maximum Gasteiger partial charge on any atom is 0.239 e. The smallest absolute Gasteiger partial charge is 0.239 e. The predicted molar refractivity (Wildman–Crippen MR) is 55.0 cm³/mol. The molecule has 1 fully saturated rings. The molecule has 1 rings (SSSR count). The van der Waals surface area contributed by atoms with Crippen molar-refractivity contribution in [3.8, 4) is 0 Å². The van der Waals surface area contributed by atoms with E-state index in [1.165, 1.54) is 0 Å². The van der Waals surface area contributed by atoms with Gasteiger partial charge in [-0.05, 0) is 27.2 Å². The maximum absolute atomic E-state index is 11.6. The lowest BCUT2D eigenvalue weighted by Crippen LogP contribution is -2.54. The average molecular weight is 200 g/mol. The molecule has 2 N–H and O–H groups in total. The molecule has 1 saturated heterocycles. The topological polar surface area (TPSA) is 52.6 Å². The van der Waals surface area contributed by atoms with E-state index in [9.17, 15) is 9.90 Å². The highest BCUT2D eigenvalue weighted by molar-refractivity contribution is 5.82. The number of aliphatic hydroxyl groups excluding tert-OH is 1. The fourth-order valence-corrected chi connectivity index (χ4v) is 1.86. The van der Waals surface area contributed by atoms with Crippen LogP contribution in [0.1, 0.15) is 27.2 Å². The third kappa shape index (κ3) is 2.45. The monoisotopic (exact) mass is 200 g/mol. The number of nitrogens with one attached hydrogen (secondary N) is 1. The minimum atomic E-state index is -0.391. The molecule has 0 aromatic carbocycles. The molecule has 1 heterocycles. The number of aliphatic hydroxyl groups is 1. The van der Waals surface area contributed by atoms with Crippen LogP contribution in [0, 0.1) is 0 Å². The van der Waals surface area contributed by atoms with E-state index < -0.39 is 6.04 Å². The van der Waals surface area contributed by atoms with Crippen molar-refractivity contribution in [2.45, 2.75) is 38.8 Å². The minimum Gasteiger partial charge on any atom is -0.394 e. The lowest BCUT2D eigenvalue weighted by Gasteiger charge is -2.38. The van der Waals surface area contributed by atoms with Crippen molar-refractivity contribution in [3.05, 3.63) is 0 Å². The summed E-state index contributed by atoms with van der Waals surface area (Å²) in [6.07, 6.45) is 0.944. The van der Waals surface area contributed by atoms with Crippen LogP contribution in [0.15, 0.2) is 0 Å². The quantitative estimate of drug-likeness (QED) is 0.625. The first-order valence-electron chi connectivity index (χ1n) is 5.12. The first kappa shape index (κ1) is 11.5. The molecule has 0 aliphatic carbocycles. The van der Waals surface area contributed by atoms with Crippen molar-refractivity contribution < 1.29 is 9.90 Å². The molecule has 14 heavy (non-hydrogen) atoms. The molecule has 1 amide bonds. The van der Waals surface area contributed by atoms with Crippen LogP contribution in [0.25, 0.3) is 0 Å². The van der Waals surface area contributed by atoms with Crippen LogP contribution < -0.4 is 5.32 Å². The van der Waals surface area contributed by atoms with E-state index in [1.54, 1.807) is 0 Å². The molecule has 0 spiro atoms. The van der Waals surface area contributed by atoms with E-state index in [4.69, 9.17) is 0 Å². The fourth-order valence-electron chi connectivity index (χ4n) is 1.86. The molecule has 1 aliphatic rings. The van der Waals surface area contributed by atoms with E-state index in [0.717, 1.165) is 13.0 Å². The molecule has 4 nitrogen and oxygen atoms in total. The lowest BCUT2D eigenvalue weighted by molar-refractivity contribution is -0.129. The Morgan fingerprint density at radius 2 is 2.21 bits per heavy atom. The zero-order valence-electron chi connectivity index (χ0n) is 9.21. The molecule has 82 valence electrons. The summed E-state index contributed by atoms with van der Waals surface area (Å²) in [5.74, 6) is -0.0556. The number of hydrogen-bond acceptors (Lipinski definition) is 3. The van der Waals surface area contributed by atoms with E-state index in [0.29, 0.717) is 6.54 Å². The average Bonchev–Trinajstić information content (AvgIpc) is 2.25. The van der Waals surface area contributed by atoms with Gasteiger partial charge in [0.1, 0.15) is 6.04 Å². The summed E-state index contributed by atoms with van der Waals surface area (Å²) in [6.45, 7) is 7.65. The molecular weight excluding hydrogens is 180 g/mol. The largest absolute Gasteiger partial charge is 0.394 e. The van der Waals surface area contributed by atoms with Crippen molar-refractivity contribution >= 4 is 5.91 Å². The third-order valence-electron chi connectivity index (χ3n) is 2.59. The van der Waals surface area contributed by atoms with Crippen LogP contribution in [-0.2, 0) is 4.79 Å². The van der Waals surface area contributed by atoms with Gasteiger partial charge in [0.2, 0.25) is 5.91 Å². The standard InChI is InChI=1S/C10H20N2O2/c1-10(2,3)12-6-4-5-11-9(14)8(12)7-13/h8,13H,4-7H2,1-3H3,(H,11,14). The second kappa shape index (κ2) is 4.28. The molecule has 1 unspecified atom stereocenters. The molecule has 0 aromatic rings. The van der Waals surface area contributed by atoms with Gasteiger partial charge in [-0.15, -0.1) is 0 Å². The Hall–Kier alpha value is -0.610. The van der Waals surface area contributed by atoms with Gasteiger partial charge in [-0.3, -0.25) is 9.69 Å². The van der Waals surface area contributed by atoms with Gasteiger partial charge in [-0.1, -0.05) is 0 Å². The lowest BCUT2D eigenvalue weighted by atomic mass is 10.0. The summed E-state index contributed by atoms with van der Waals surface area (Å²) in [7, 11) is 0. The molecule has 4 heteroatoms. The third-order valence-corrected chi connectivity index (χ3v) is 2.59. The van der Waals surface area contributed by atoms with Crippen LogP contribution in [0.2, 0.25) is 0 Å². The molecule has 1 aliphatic heterocycles. The van der Waals surface area contributed by atoms with Crippen molar-refractivity contribution in [3.63, 3.8) is 0 Å². The number of carbonyl (C=O) groups is 1. The normalized spacial score (nSPS) is 25.7. The van der Waals surface area contributed by atoms with Gasteiger partial charge in [0, 0.05) is 18.6 Å². The number of carbonyl (C=O) groups excluding carboxylic acids is 1. The highest BCUT2D eigenvalue weighted by atomic mass is 16.3. The summed E-state index contributed by atoms with van der Waals surface area (Å²) in [6, 6.07) is -0.391. The van der Waals surface area contributed by atoms with Crippen LogP contribution in [-0.4, -0.2) is 47.2 Å². The van der Waals surface area contributed by atoms with E-state index in [2.05, 4.69) is 31.0 Å². The van der Waals surface area contributed by atoms with Crippen LogP contribution in [0.3, 0.4) is 0 Å². The molecule has 0 saturated carbocycles. The SMILES string of the molecule is CC(C)(C)N1CCCNC(=O)C1CO. The second-order valence-electron chi connectivity index (χ2n) is 4.71. The second-order valence-corrected chi connectivity index (χ2v) is 4.71. The Balaban J connectivity index is 2.83. The Kier molecular flexibility index (Phi) is 3.50. The summed E-state index contributed by atoms with van der Waals surface area (Å²) >= 11 is 0. The van der Waals surface area contributed by atoms with E-state index >= 15 is 0 Å². The summed E-state index contributed by atoms with van der Waals surface area (Å²) in [5, 5.41) is 12.0. The van der Waals surface area contributed by atoms with Gasteiger partial charge in [-0.2, -0.15) is 0 Å². The van der Waals surface area contributed by atoms with Crippen LogP contribution in [0.5, 0.6) is 0 Å². The van der Waals surface area contributed by atoms with Crippen molar-refractivity contribution in [1.82, 2.24) is 10.2 Å². The van der Waals surface area contributed by atoms with Gasteiger partial charge in [0.15, 0.2) is 0 Å². The number of rotatable bonds is 1. The highest BCUT2D eigenvalue weighted by Gasteiger charge is 2.34. The molecule has 0 bridgehead atoms.